The van der Waals surface area contributed by atoms with Gasteiger partial charge in [0.15, 0.2) is 0 Å². The minimum absolute atomic E-state index is 0.535. The first kappa shape index (κ1) is 14.0. The zero-order valence-electron chi connectivity index (χ0n) is 11.5. The normalized spacial score (nSPS) is 23.2. The van der Waals surface area contributed by atoms with Crippen LogP contribution >= 0.6 is 0 Å². The van der Waals surface area contributed by atoms with Gasteiger partial charge >= 0.3 is 0 Å². The van der Waals surface area contributed by atoms with E-state index >= 15 is 0 Å². The first-order valence-electron chi connectivity index (χ1n) is 6.92. The van der Waals surface area contributed by atoms with Crippen molar-refractivity contribution in [3.63, 3.8) is 0 Å². The van der Waals surface area contributed by atoms with Crippen molar-refractivity contribution in [1.82, 2.24) is 5.32 Å². The Morgan fingerprint density at radius 3 is 2.44 bits per heavy atom. The predicted molar refractivity (Wildman–Crippen MR) is 69.6 cm³/mol. The van der Waals surface area contributed by atoms with Crippen LogP contribution in [0.5, 0.6) is 0 Å². The second kappa shape index (κ2) is 7.29. The summed E-state index contributed by atoms with van der Waals surface area (Å²) in [6.45, 7) is 12.4. The molecule has 0 bridgehead atoms. The monoisotopic (exact) mass is 227 g/mol. The molecule has 1 saturated heterocycles. The molecule has 1 aliphatic heterocycles. The van der Waals surface area contributed by atoms with Gasteiger partial charge in [-0.3, -0.25) is 0 Å². The van der Waals surface area contributed by atoms with E-state index in [-0.39, 0.29) is 0 Å². The highest BCUT2D eigenvalue weighted by Crippen LogP contribution is 2.24. The van der Waals surface area contributed by atoms with E-state index in [1.54, 1.807) is 0 Å². The highest BCUT2D eigenvalue weighted by molar-refractivity contribution is 4.74. The van der Waals surface area contributed by atoms with Crippen molar-refractivity contribution in [3.8, 4) is 0 Å². The zero-order chi connectivity index (χ0) is 12.0. The standard InChI is InChI=1S/C14H29NO/c1-11(2)9-15-10-13(12(3)4)8-14-6-5-7-16-14/h11-15H,5-10H2,1-4H3. The van der Waals surface area contributed by atoms with Crippen LogP contribution in [0, 0.1) is 17.8 Å². The smallest absolute Gasteiger partial charge is 0.0579 e. The Morgan fingerprint density at radius 2 is 1.94 bits per heavy atom. The molecule has 0 amide bonds. The third-order valence-corrected chi connectivity index (χ3v) is 3.49. The molecule has 16 heavy (non-hydrogen) atoms. The molecular formula is C14H29NO. The number of hydrogen-bond acceptors (Lipinski definition) is 2. The van der Waals surface area contributed by atoms with Gasteiger partial charge in [0.1, 0.15) is 0 Å². The summed E-state index contributed by atoms with van der Waals surface area (Å²) < 4.78 is 5.73. The van der Waals surface area contributed by atoms with Gasteiger partial charge in [-0.15, -0.1) is 0 Å². The van der Waals surface area contributed by atoms with Crippen molar-refractivity contribution in [2.75, 3.05) is 19.7 Å². The first-order valence-corrected chi connectivity index (χ1v) is 6.92. The van der Waals surface area contributed by atoms with Crippen LogP contribution in [-0.4, -0.2) is 25.8 Å². The maximum atomic E-state index is 5.73. The molecule has 1 aliphatic rings. The maximum absolute atomic E-state index is 5.73. The molecule has 0 aromatic heterocycles. The molecule has 0 aromatic rings. The fourth-order valence-electron chi connectivity index (χ4n) is 2.32. The second-order valence-corrected chi connectivity index (χ2v) is 5.93. The largest absolute Gasteiger partial charge is 0.378 e. The Morgan fingerprint density at radius 1 is 1.19 bits per heavy atom. The number of ether oxygens (including phenoxy) is 1. The molecular weight excluding hydrogens is 198 g/mol. The predicted octanol–water partition coefficient (Wildman–Crippen LogP) is 3.07. The van der Waals surface area contributed by atoms with Gasteiger partial charge in [0, 0.05) is 6.61 Å². The van der Waals surface area contributed by atoms with Crippen molar-refractivity contribution in [3.05, 3.63) is 0 Å². The minimum Gasteiger partial charge on any atom is -0.378 e. The highest BCUT2D eigenvalue weighted by Gasteiger charge is 2.22. The van der Waals surface area contributed by atoms with Gasteiger partial charge in [0.25, 0.3) is 0 Å². The summed E-state index contributed by atoms with van der Waals surface area (Å²) in [6.07, 6.45) is 4.30. The topological polar surface area (TPSA) is 21.3 Å². The van der Waals surface area contributed by atoms with Crippen molar-refractivity contribution in [2.24, 2.45) is 17.8 Å². The molecule has 0 radical (unpaired) electrons. The fourth-order valence-corrected chi connectivity index (χ4v) is 2.32. The average molecular weight is 227 g/mol. The molecule has 2 nitrogen and oxygen atoms in total. The fraction of sp³-hybridized carbons (Fsp3) is 1.00. The van der Waals surface area contributed by atoms with Gasteiger partial charge < -0.3 is 10.1 Å². The number of rotatable bonds is 7. The summed E-state index contributed by atoms with van der Waals surface area (Å²) in [5, 5.41) is 3.58. The lowest BCUT2D eigenvalue weighted by Gasteiger charge is -2.24. The summed E-state index contributed by atoms with van der Waals surface area (Å²) in [4.78, 5) is 0. The summed E-state index contributed by atoms with van der Waals surface area (Å²) in [6, 6.07) is 0. The summed E-state index contributed by atoms with van der Waals surface area (Å²) in [7, 11) is 0. The molecule has 1 heterocycles. The van der Waals surface area contributed by atoms with E-state index in [4.69, 9.17) is 4.74 Å². The molecule has 0 spiro atoms. The van der Waals surface area contributed by atoms with Gasteiger partial charge in [-0.1, -0.05) is 27.7 Å². The van der Waals surface area contributed by atoms with Crippen LogP contribution < -0.4 is 5.32 Å². The molecule has 2 heteroatoms. The van der Waals surface area contributed by atoms with E-state index in [0.29, 0.717) is 6.10 Å². The van der Waals surface area contributed by atoms with E-state index in [2.05, 4.69) is 33.0 Å². The van der Waals surface area contributed by atoms with Gasteiger partial charge in [-0.2, -0.15) is 0 Å². The van der Waals surface area contributed by atoms with Crippen molar-refractivity contribution < 1.29 is 4.74 Å². The summed E-state index contributed by atoms with van der Waals surface area (Å²) in [5.74, 6) is 2.27. The molecule has 0 saturated carbocycles. The third-order valence-electron chi connectivity index (χ3n) is 3.49. The Labute approximate surface area is 101 Å². The number of hydrogen-bond donors (Lipinski definition) is 1. The van der Waals surface area contributed by atoms with E-state index in [1.165, 1.54) is 19.3 Å². The van der Waals surface area contributed by atoms with Crippen LogP contribution in [0.25, 0.3) is 0 Å². The van der Waals surface area contributed by atoms with Gasteiger partial charge in [0.05, 0.1) is 6.10 Å². The second-order valence-electron chi connectivity index (χ2n) is 5.93. The molecule has 2 atom stereocenters. The van der Waals surface area contributed by atoms with Crippen LogP contribution in [0.3, 0.4) is 0 Å². The lowest BCUT2D eigenvalue weighted by Crippen LogP contribution is -2.31. The molecule has 96 valence electrons. The van der Waals surface area contributed by atoms with E-state index in [9.17, 15) is 0 Å². The third kappa shape index (κ3) is 5.31. The Kier molecular flexibility index (Phi) is 6.37. The highest BCUT2D eigenvalue weighted by atomic mass is 16.5. The zero-order valence-corrected chi connectivity index (χ0v) is 11.5. The van der Waals surface area contributed by atoms with E-state index in [0.717, 1.165) is 37.5 Å². The van der Waals surface area contributed by atoms with Crippen LogP contribution in [-0.2, 0) is 4.74 Å². The number of nitrogens with one attached hydrogen (secondary N) is 1. The molecule has 0 aliphatic carbocycles. The maximum Gasteiger partial charge on any atom is 0.0579 e. The molecule has 1 N–H and O–H groups in total. The van der Waals surface area contributed by atoms with Crippen LogP contribution in [0.1, 0.15) is 47.0 Å². The van der Waals surface area contributed by atoms with Gasteiger partial charge in [-0.25, -0.2) is 0 Å². The molecule has 2 unspecified atom stereocenters. The molecule has 1 fully saturated rings. The van der Waals surface area contributed by atoms with Crippen molar-refractivity contribution >= 4 is 0 Å². The summed E-state index contributed by atoms with van der Waals surface area (Å²) >= 11 is 0. The minimum atomic E-state index is 0.535. The Balaban J connectivity index is 2.23. The lowest BCUT2D eigenvalue weighted by atomic mass is 9.89. The van der Waals surface area contributed by atoms with Crippen LogP contribution in [0.2, 0.25) is 0 Å². The summed E-state index contributed by atoms with van der Waals surface area (Å²) in [5.41, 5.74) is 0. The molecule has 0 aromatic carbocycles. The van der Waals surface area contributed by atoms with Crippen molar-refractivity contribution in [2.45, 2.75) is 53.1 Å². The lowest BCUT2D eigenvalue weighted by molar-refractivity contribution is 0.0816. The van der Waals surface area contributed by atoms with Gasteiger partial charge in [0.2, 0.25) is 0 Å². The van der Waals surface area contributed by atoms with Crippen LogP contribution in [0.4, 0.5) is 0 Å². The SMILES string of the molecule is CC(C)CNCC(CC1CCCO1)C(C)C. The first-order chi connectivity index (χ1) is 7.59. The quantitative estimate of drug-likeness (QED) is 0.721. The van der Waals surface area contributed by atoms with Crippen molar-refractivity contribution in [1.29, 1.82) is 0 Å². The Bertz CT molecular complexity index is 174. The van der Waals surface area contributed by atoms with Gasteiger partial charge in [-0.05, 0) is 50.1 Å². The van der Waals surface area contributed by atoms with Crippen LogP contribution in [0.15, 0.2) is 0 Å². The Hall–Kier alpha value is -0.0800. The van der Waals surface area contributed by atoms with E-state index < -0.39 is 0 Å². The van der Waals surface area contributed by atoms with E-state index in [1.807, 2.05) is 0 Å². The molecule has 1 rings (SSSR count). The average Bonchev–Trinajstić information content (AvgIpc) is 2.68.